The van der Waals surface area contributed by atoms with Crippen molar-refractivity contribution in [3.8, 4) is 0 Å². The minimum atomic E-state index is -4.47. The second-order valence-corrected chi connectivity index (χ2v) is 5.17. The van der Waals surface area contributed by atoms with Gasteiger partial charge in [0.1, 0.15) is 6.54 Å². The summed E-state index contributed by atoms with van der Waals surface area (Å²) in [6.45, 7) is 2.18. The molecular formula is C14H18ClF3N2O. The first-order valence-corrected chi connectivity index (χ1v) is 7.00. The standard InChI is InChI=1S/C14H18ClF3N2O/c1-3-10(4-2)20(8-14(16,17)18)13(21)11-7-9(19)5-6-12(11)15/h5-7,10H,3-4,8,19H2,1-2H3. The highest BCUT2D eigenvalue weighted by Gasteiger charge is 2.36. The van der Waals surface area contributed by atoms with Crippen LogP contribution in [0.15, 0.2) is 18.2 Å². The van der Waals surface area contributed by atoms with Crippen molar-refractivity contribution in [2.75, 3.05) is 12.3 Å². The van der Waals surface area contributed by atoms with Gasteiger partial charge in [0.25, 0.3) is 5.91 Å². The number of nitrogens with two attached hydrogens (primary N) is 1. The predicted octanol–water partition coefficient (Wildman–Crippen LogP) is 4.12. The molecule has 0 radical (unpaired) electrons. The summed E-state index contributed by atoms with van der Waals surface area (Å²) in [6.07, 6.45) is -3.61. The monoisotopic (exact) mass is 322 g/mol. The number of hydrogen-bond acceptors (Lipinski definition) is 2. The molecule has 118 valence electrons. The summed E-state index contributed by atoms with van der Waals surface area (Å²) in [5.41, 5.74) is 5.85. The highest BCUT2D eigenvalue weighted by Crippen LogP contribution is 2.26. The highest BCUT2D eigenvalue weighted by atomic mass is 35.5. The smallest absolute Gasteiger partial charge is 0.399 e. The summed E-state index contributed by atoms with van der Waals surface area (Å²) in [5, 5.41) is 0.0901. The van der Waals surface area contributed by atoms with E-state index in [1.807, 2.05) is 0 Å². The van der Waals surface area contributed by atoms with Gasteiger partial charge >= 0.3 is 6.18 Å². The summed E-state index contributed by atoms with van der Waals surface area (Å²) >= 11 is 5.91. The van der Waals surface area contributed by atoms with Crippen LogP contribution in [0, 0.1) is 0 Å². The van der Waals surface area contributed by atoms with Crippen molar-refractivity contribution >= 4 is 23.2 Å². The molecule has 1 aromatic rings. The van der Waals surface area contributed by atoms with E-state index in [0.717, 1.165) is 4.90 Å². The maximum Gasteiger partial charge on any atom is 0.406 e. The molecule has 0 aliphatic rings. The first-order chi connectivity index (χ1) is 9.69. The number of benzene rings is 1. The molecule has 0 heterocycles. The lowest BCUT2D eigenvalue weighted by Gasteiger charge is -2.31. The molecule has 7 heteroatoms. The van der Waals surface area contributed by atoms with Gasteiger partial charge in [-0.2, -0.15) is 13.2 Å². The molecule has 1 rings (SSSR count). The molecule has 1 aromatic carbocycles. The van der Waals surface area contributed by atoms with Crippen molar-refractivity contribution in [1.82, 2.24) is 4.90 Å². The maximum atomic E-state index is 12.7. The van der Waals surface area contributed by atoms with Gasteiger partial charge in [0.05, 0.1) is 10.6 Å². The first kappa shape index (κ1) is 17.6. The van der Waals surface area contributed by atoms with Crippen molar-refractivity contribution < 1.29 is 18.0 Å². The quantitative estimate of drug-likeness (QED) is 0.829. The number of carbonyl (C=O) groups excluding carboxylic acids is 1. The minimum Gasteiger partial charge on any atom is -0.399 e. The van der Waals surface area contributed by atoms with E-state index >= 15 is 0 Å². The molecule has 0 unspecified atom stereocenters. The van der Waals surface area contributed by atoms with Gasteiger partial charge in [0.2, 0.25) is 0 Å². The second-order valence-electron chi connectivity index (χ2n) is 4.76. The molecule has 0 bridgehead atoms. The number of nitrogens with zero attached hydrogens (tertiary/aromatic N) is 1. The number of alkyl halides is 3. The number of amides is 1. The van der Waals surface area contributed by atoms with Crippen LogP contribution in [-0.4, -0.2) is 29.6 Å². The predicted molar refractivity (Wildman–Crippen MR) is 77.3 cm³/mol. The number of carbonyl (C=O) groups is 1. The third kappa shape index (κ3) is 4.81. The SMILES string of the molecule is CCC(CC)N(CC(F)(F)F)C(=O)c1cc(N)ccc1Cl. The lowest BCUT2D eigenvalue weighted by atomic mass is 10.1. The molecule has 0 aromatic heterocycles. The van der Waals surface area contributed by atoms with E-state index in [-0.39, 0.29) is 16.3 Å². The normalized spacial score (nSPS) is 11.8. The van der Waals surface area contributed by atoms with Crippen LogP contribution >= 0.6 is 11.6 Å². The molecule has 1 amide bonds. The van der Waals surface area contributed by atoms with Gasteiger partial charge in [-0.15, -0.1) is 0 Å². The third-order valence-electron chi connectivity index (χ3n) is 3.21. The first-order valence-electron chi connectivity index (χ1n) is 6.62. The van der Waals surface area contributed by atoms with Gasteiger partial charge in [0, 0.05) is 11.7 Å². The molecule has 0 aliphatic heterocycles. The molecule has 0 spiro atoms. The van der Waals surface area contributed by atoms with Crippen molar-refractivity contribution in [3.63, 3.8) is 0 Å². The largest absolute Gasteiger partial charge is 0.406 e. The van der Waals surface area contributed by atoms with Crippen molar-refractivity contribution in [2.45, 2.75) is 38.9 Å². The molecule has 2 N–H and O–H groups in total. The molecule has 0 atom stereocenters. The molecule has 0 saturated carbocycles. The minimum absolute atomic E-state index is 0.00665. The zero-order valence-electron chi connectivity index (χ0n) is 11.9. The molecule has 3 nitrogen and oxygen atoms in total. The second kappa shape index (κ2) is 7.02. The number of hydrogen-bond donors (Lipinski definition) is 1. The Bertz CT molecular complexity index is 501. The Morgan fingerprint density at radius 2 is 1.90 bits per heavy atom. The van der Waals surface area contributed by atoms with Crippen LogP contribution in [0.4, 0.5) is 18.9 Å². The molecule has 0 saturated heterocycles. The fourth-order valence-corrected chi connectivity index (χ4v) is 2.35. The lowest BCUT2D eigenvalue weighted by molar-refractivity contribution is -0.144. The maximum absolute atomic E-state index is 12.7. The zero-order valence-corrected chi connectivity index (χ0v) is 12.6. The van der Waals surface area contributed by atoms with Crippen molar-refractivity contribution in [1.29, 1.82) is 0 Å². The van der Waals surface area contributed by atoms with Crippen molar-refractivity contribution in [2.24, 2.45) is 0 Å². The fourth-order valence-electron chi connectivity index (χ4n) is 2.15. The van der Waals surface area contributed by atoms with Crippen LogP contribution < -0.4 is 5.73 Å². The van der Waals surface area contributed by atoms with E-state index in [4.69, 9.17) is 17.3 Å². The Balaban J connectivity index is 3.18. The highest BCUT2D eigenvalue weighted by molar-refractivity contribution is 6.34. The van der Waals surface area contributed by atoms with E-state index < -0.39 is 24.7 Å². The summed E-state index contributed by atoms with van der Waals surface area (Å²) in [6, 6.07) is 3.69. The average Bonchev–Trinajstić information content (AvgIpc) is 2.39. The number of anilines is 1. The van der Waals surface area contributed by atoms with Crippen LogP contribution in [0.1, 0.15) is 37.0 Å². The van der Waals surface area contributed by atoms with Gasteiger partial charge in [-0.25, -0.2) is 0 Å². The van der Waals surface area contributed by atoms with E-state index in [9.17, 15) is 18.0 Å². The van der Waals surface area contributed by atoms with Gasteiger partial charge in [-0.1, -0.05) is 25.4 Å². The van der Waals surface area contributed by atoms with Crippen LogP contribution in [0.3, 0.4) is 0 Å². The Labute approximate surface area is 126 Å². The van der Waals surface area contributed by atoms with Gasteiger partial charge in [-0.05, 0) is 31.0 Å². The van der Waals surface area contributed by atoms with Crippen LogP contribution in [0.25, 0.3) is 0 Å². The summed E-state index contributed by atoms with van der Waals surface area (Å²) in [7, 11) is 0. The molecule has 0 fully saturated rings. The molecule has 21 heavy (non-hydrogen) atoms. The fraction of sp³-hybridized carbons (Fsp3) is 0.500. The van der Waals surface area contributed by atoms with Gasteiger partial charge in [-0.3, -0.25) is 4.79 Å². The lowest BCUT2D eigenvalue weighted by Crippen LogP contribution is -2.45. The number of nitrogen functional groups attached to an aromatic ring is 1. The van der Waals surface area contributed by atoms with Gasteiger partial charge in [0.15, 0.2) is 0 Å². The number of halogens is 4. The zero-order chi connectivity index (χ0) is 16.2. The summed E-state index contributed by atoms with van der Waals surface area (Å²) in [5.74, 6) is -0.752. The van der Waals surface area contributed by atoms with Gasteiger partial charge < -0.3 is 10.6 Å². The van der Waals surface area contributed by atoms with E-state index in [2.05, 4.69) is 0 Å². The van der Waals surface area contributed by atoms with Crippen LogP contribution in [-0.2, 0) is 0 Å². The Kier molecular flexibility index (Phi) is 5.89. The van der Waals surface area contributed by atoms with Crippen molar-refractivity contribution in [3.05, 3.63) is 28.8 Å². The topological polar surface area (TPSA) is 46.3 Å². The average molecular weight is 323 g/mol. The Morgan fingerprint density at radius 3 is 2.38 bits per heavy atom. The Hall–Kier alpha value is -1.43. The third-order valence-corrected chi connectivity index (χ3v) is 3.54. The van der Waals surface area contributed by atoms with E-state index in [1.165, 1.54) is 18.2 Å². The van der Waals surface area contributed by atoms with Crippen LogP contribution in [0.2, 0.25) is 5.02 Å². The van der Waals surface area contributed by atoms with E-state index in [0.29, 0.717) is 12.8 Å². The summed E-state index contributed by atoms with van der Waals surface area (Å²) < 4.78 is 38.2. The number of rotatable bonds is 5. The summed E-state index contributed by atoms with van der Waals surface area (Å²) in [4.78, 5) is 13.3. The molecule has 0 aliphatic carbocycles. The molecular weight excluding hydrogens is 305 g/mol. The Morgan fingerprint density at radius 1 is 1.33 bits per heavy atom. The van der Waals surface area contributed by atoms with E-state index in [1.54, 1.807) is 13.8 Å². The van der Waals surface area contributed by atoms with Crippen LogP contribution in [0.5, 0.6) is 0 Å².